The molecule has 2 atom stereocenters. The van der Waals surface area contributed by atoms with Crippen molar-refractivity contribution in [2.75, 3.05) is 17.6 Å². The van der Waals surface area contributed by atoms with Crippen LogP contribution in [0.2, 0.25) is 0 Å². The maximum Gasteiger partial charge on any atom is 0.222 e. The van der Waals surface area contributed by atoms with Gasteiger partial charge in [-0.05, 0) is 38.0 Å². The van der Waals surface area contributed by atoms with Crippen molar-refractivity contribution in [3.05, 3.63) is 11.3 Å². The molecule has 1 aromatic heterocycles. The van der Waals surface area contributed by atoms with Gasteiger partial charge in [0, 0.05) is 25.1 Å². The third-order valence-electron chi connectivity index (χ3n) is 4.79. The highest BCUT2D eigenvalue weighted by atomic mass is 16.1. The predicted molar refractivity (Wildman–Crippen MR) is 97.9 cm³/mol. The lowest BCUT2D eigenvalue weighted by Crippen LogP contribution is -2.40. The van der Waals surface area contributed by atoms with Gasteiger partial charge in [-0.3, -0.25) is 4.79 Å². The van der Waals surface area contributed by atoms with Crippen LogP contribution in [0, 0.1) is 5.92 Å². The van der Waals surface area contributed by atoms with E-state index < -0.39 is 0 Å². The minimum atomic E-state index is -0.00581. The van der Waals surface area contributed by atoms with Gasteiger partial charge in [0.25, 0.3) is 0 Å². The van der Waals surface area contributed by atoms with Gasteiger partial charge in [-0.1, -0.05) is 26.7 Å². The van der Waals surface area contributed by atoms with Gasteiger partial charge in [0.05, 0.1) is 5.69 Å². The van der Waals surface area contributed by atoms with Gasteiger partial charge in [0.2, 0.25) is 11.9 Å². The fourth-order valence-corrected chi connectivity index (χ4v) is 3.28. The molecule has 1 aliphatic rings. The average Bonchev–Trinajstić information content (AvgIpc) is 2.55. The van der Waals surface area contributed by atoms with Gasteiger partial charge in [-0.2, -0.15) is 4.98 Å². The summed E-state index contributed by atoms with van der Waals surface area (Å²) in [5, 5.41) is 6.51. The van der Waals surface area contributed by atoms with Gasteiger partial charge in [0.1, 0.15) is 5.82 Å². The van der Waals surface area contributed by atoms with E-state index in [-0.39, 0.29) is 11.9 Å². The number of nitrogens with one attached hydrogen (secondary N) is 2. The molecule has 0 spiro atoms. The number of nitrogens with zero attached hydrogens (tertiary/aromatic N) is 2. The van der Waals surface area contributed by atoms with Crippen LogP contribution < -0.4 is 16.4 Å². The van der Waals surface area contributed by atoms with Gasteiger partial charge < -0.3 is 16.4 Å². The van der Waals surface area contributed by atoms with Gasteiger partial charge in [-0.25, -0.2) is 4.98 Å². The van der Waals surface area contributed by atoms with E-state index in [1.165, 1.54) is 18.4 Å². The van der Waals surface area contributed by atoms with E-state index in [0.29, 0.717) is 18.4 Å². The summed E-state index contributed by atoms with van der Waals surface area (Å²) in [5.41, 5.74) is 8.18. The highest BCUT2D eigenvalue weighted by Crippen LogP contribution is 2.27. The molecule has 0 saturated carbocycles. The molecule has 2 rings (SSSR count). The summed E-state index contributed by atoms with van der Waals surface area (Å²) in [6, 6.07) is 0.140. The number of amides is 1. The van der Waals surface area contributed by atoms with Crippen LogP contribution in [0.3, 0.4) is 0 Å². The molecule has 0 saturated heterocycles. The third-order valence-corrected chi connectivity index (χ3v) is 4.79. The maximum atomic E-state index is 11.3. The summed E-state index contributed by atoms with van der Waals surface area (Å²) in [7, 11) is 0. The molecule has 0 fully saturated rings. The number of aromatic nitrogens is 2. The number of rotatable bonds is 8. The standard InChI is InChI=1S/C18H31N5O/c1-4-5-8-12(2)16(11-20-13(3)24)21-17-14-9-6-7-10-15(14)22-18(19)23-17/h12,16H,4-11H2,1-3H3,(H,20,24)(H3,19,21,22,23)/t12-,16?/m1/s1. The lowest BCUT2D eigenvalue weighted by molar-refractivity contribution is -0.119. The first-order valence-electron chi connectivity index (χ1n) is 9.17. The summed E-state index contributed by atoms with van der Waals surface area (Å²) < 4.78 is 0. The third kappa shape index (κ3) is 5.08. The summed E-state index contributed by atoms with van der Waals surface area (Å²) in [5.74, 6) is 1.62. The second-order valence-electron chi connectivity index (χ2n) is 6.87. The quantitative estimate of drug-likeness (QED) is 0.680. The second kappa shape index (κ2) is 8.85. The monoisotopic (exact) mass is 333 g/mol. The largest absolute Gasteiger partial charge is 0.368 e. The number of anilines is 2. The zero-order valence-electron chi connectivity index (χ0n) is 15.2. The van der Waals surface area contributed by atoms with Crippen molar-refractivity contribution in [2.24, 2.45) is 5.92 Å². The minimum absolute atomic E-state index is 0.00581. The van der Waals surface area contributed by atoms with Gasteiger partial charge >= 0.3 is 0 Å². The fraction of sp³-hybridized carbons (Fsp3) is 0.722. The van der Waals surface area contributed by atoms with E-state index in [4.69, 9.17) is 5.73 Å². The Morgan fingerprint density at radius 2 is 2.04 bits per heavy atom. The van der Waals surface area contributed by atoms with Crippen molar-refractivity contribution in [1.29, 1.82) is 0 Å². The average molecular weight is 333 g/mol. The first-order valence-corrected chi connectivity index (χ1v) is 9.17. The Kier molecular flexibility index (Phi) is 6.82. The van der Waals surface area contributed by atoms with E-state index in [2.05, 4.69) is 34.4 Å². The number of hydrogen-bond acceptors (Lipinski definition) is 5. The normalized spacial score (nSPS) is 16.1. The molecule has 134 valence electrons. The molecule has 24 heavy (non-hydrogen) atoms. The number of hydrogen-bond donors (Lipinski definition) is 3. The molecule has 1 aromatic rings. The van der Waals surface area contributed by atoms with Gasteiger partial charge in [0.15, 0.2) is 0 Å². The number of carbonyl (C=O) groups excluding carboxylic acids is 1. The van der Waals surface area contributed by atoms with Crippen LogP contribution in [0.5, 0.6) is 0 Å². The maximum absolute atomic E-state index is 11.3. The Morgan fingerprint density at radius 3 is 2.75 bits per heavy atom. The smallest absolute Gasteiger partial charge is 0.222 e. The predicted octanol–water partition coefficient (Wildman–Crippen LogP) is 2.68. The number of fused-ring (bicyclic) bond motifs is 1. The van der Waals surface area contributed by atoms with Crippen LogP contribution in [0.1, 0.15) is 64.1 Å². The Hall–Kier alpha value is -1.85. The topological polar surface area (TPSA) is 92.9 Å². The summed E-state index contributed by atoms with van der Waals surface area (Å²) >= 11 is 0. The van der Waals surface area contributed by atoms with Crippen LogP contribution in [0.15, 0.2) is 0 Å². The molecule has 0 bridgehead atoms. The minimum Gasteiger partial charge on any atom is -0.368 e. The molecule has 1 unspecified atom stereocenters. The molecule has 4 N–H and O–H groups in total. The molecule has 0 radical (unpaired) electrons. The van der Waals surface area contributed by atoms with Crippen LogP contribution in [-0.4, -0.2) is 28.5 Å². The molecule has 0 aliphatic heterocycles. The first-order chi connectivity index (χ1) is 11.5. The van der Waals surface area contributed by atoms with E-state index >= 15 is 0 Å². The number of nitrogens with two attached hydrogens (primary N) is 1. The number of carbonyl (C=O) groups is 1. The van der Waals surface area contributed by atoms with E-state index in [1.807, 2.05) is 0 Å². The zero-order valence-corrected chi connectivity index (χ0v) is 15.2. The fourth-order valence-electron chi connectivity index (χ4n) is 3.28. The zero-order chi connectivity index (χ0) is 17.5. The molecular weight excluding hydrogens is 302 g/mol. The highest BCUT2D eigenvalue weighted by molar-refractivity contribution is 5.72. The molecular formula is C18H31N5O. The summed E-state index contributed by atoms with van der Waals surface area (Å²) in [6.07, 6.45) is 7.77. The Labute approximate surface area is 145 Å². The van der Waals surface area contributed by atoms with Crippen molar-refractivity contribution in [3.8, 4) is 0 Å². The second-order valence-corrected chi connectivity index (χ2v) is 6.87. The SMILES string of the molecule is CCCC[C@@H](C)C(CNC(C)=O)Nc1nc(N)nc2c1CCCC2. The molecule has 1 heterocycles. The lowest BCUT2D eigenvalue weighted by atomic mass is 9.93. The highest BCUT2D eigenvalue weighted by Gasteiger charge is 2.22. The summed E-state index contributed by atoms with van der Waals surface area (Å²) in [4.78, 5) is 20.2. The van der Waals surface area contributed by atoms with E-state index in [0.717, 1.165) is 43.6 Å². The first kappa shape index (κ1) is 18.5. The van der Waals surface area contributed by atoms with Gasteiger partial charge in [-0.15, -0.1) is 0 Å². The van der Waals surface area contributed by atoms with Crippen LogP contribution in [-0.2, 0) is 17.6 Å². The number of nitrogen functional groups attached to an aromatic ring is 1. The van der Waals surface area contributed by atoms with Crippen LogP contribution >= 0.6 is 0 Å². The van der Waals surface area contributed by atoms with Crippen LogP contribution in [0.4, 0.5) is 11.8 Å². The number of unbranched alkanes of at least 4 members (excludes halogenated alkanes) is 1. The molecule has 1 amide bonds. The van der Waals surface area contributed by atoms with Crippen molar-refractivity contribution in [2.45, 2.75) is 71.8 Å². The van der Waals surface area contributed by atoms with Crippen molar-refractivity contribution < 1.29 is 4.79 Å². The Balaban J connectivity index is 2.18. The summed E-state index contributed by atoms with van der Waals surface area (Å²) in [6.45, 7) is 6.58. The van der Waals surface area contributed by atoms with Crippen molar-refractivity contribution in [3.63, 3.8) is 0 Å². The Morgan fingerprint density at radius 1 is 1.29 bits per heavy atom. The molecule has 1 aliphatic carbocycles. The van der Waals surface area contributed by atoms with Crippen molar-refractivity contribution in [1.82, 2.24) is 15.3 Å². The number of aryl methyl sites for hydroxylation is 1. The van der Waals surface area contributed by atoms with E-state index in [9.17, 15) is 4.79 Å². The Bertz CT molecular complexity index is 561. The van der Waals surface area contributed by atoms with E-state index in [1.54, 1.807) is 6.92 Å². The molecule has 6 heteroatoms. The molecule has 0 aromatic carbocycles. The lowest BCUT2D eigenvalue weighted by Gasteiger charge is -2.28. The molecule has 6 nitrogen and oxygen atoms in total. The van der Waals surface area contributed by atoms with Crippen molar-refractivity contribution >= 4 is 17.7 Å². The van der Waals surface area contributed by atoms with Crippen LogP contribution in [0.25, 0.3) is 0 Å².